The molecule has 0 radical (unpaired) electrons. The number of nitrogens with zero attached hydrogens (tertiary/aromatic N) is 4. The van der Waals surface area contributed by atoms with Crippen molar-refractivity contribution in [3.05, 3.63) is 141 Å². The van der Waals surface area contributed by atoms with Crippen molar-refractivity contribution < 1.29 is 106 Å². The van der Waals surface area contributed by atoms with Gasteiger partial charge in [0.25, 0.3) is 0 Å². The zero-order valence-corrected chi connectivity index (χ0v) is 80.0. The molecule has 4 amide bonds. The predicted molar refractivity (Wildman–Crippen MR) is 489 cm³/mol. The number of benzene rings is 2. The lowest BCUT2D eigenvalue weighted by Crippen LogP contribution is -2.59. The predicted octanol–water partition coefficient (Wildman–Crippen LogP) is 18.9. The van der Waals surface area contributed by atoms with Crippen molar-refractivity contribution in [2.24, 2.45) is 35.5 Å². The third kappa shape index (κ3) is 24.1. The van der Waals surface area contributed by atoms with E-state index >= 15 is 4.79 Å². The summed E-state index contributed by atoms with van der Waals surface area (Å²) in [6.45, 7) is 37.2. The van der Waals surface area contributed by atoms with E-state index in [1.54, 1.807) is 80.5 Å². The van der Waals surface area contributed by atoms with Gasteiger partial charge >= 0.3 is 30.3 Å². The summed E-state index contributed by atoms with van der Waals surface area (Å²) < 4.78 is 92.1. The molecule has 1 spiro atoms. The molecule has 5 fully saturated rings. The molecule has 9 aliphatic rings. The normalized spacial score (nSPS) is 33.3. The molecule has 3 aliphatic carbocycles. The van der Waals surface area contributed by atoms with Crippen molar-refractivity contribution in [1.82, 2.24) is 19.6 Å². The van der Waals surface area contributed by atoms with Crippen LogP contribution in [-0.2, 0) is 74.5 Å². The van der Waals surface area contributed by atoms with Crippen molar-refractivity contribution in [3.8, 4) is 23.0 Å². The Balaban J connectivity index is 0.757. The molecule has 11 rings (SSSR count). The Hall–Kier alpha value is -7.89. The molecule has 6 heterocycles. The standard InChI is InChI=1S/C102H150N4O22/c1-23-26-28-32-70-50-80(107)88(77-47-61(8)35-39-75(77)59(4)5)82(52-70)121-97(110)103(17)43-45-105(19)99(112)125-92-67(14)49-79-96(109)120-74-54-73(127-101(57-74)42-41-66(13)91(128-101)63(10)25-3)38-37-65(12)90(64(11)31-30-34-72-58-117-95(92)102(72,79)114)123-86-55-84(115-21)93(68(15)118-86)124-87-56-85(116-22)94(69(16)119-87)126-100(113)106(20)46-44-104(18)98(111)122-83-53-71(33-29-27-24-2)51-81(108)89(83)78-48-62(9)36-40-76(78)60(6)7/h30-31,34,37,47-53,63-64,66,68-69,73-79,84-87,90-95,107-108,114H,4,6,23-29,32-33,35-36,38-46,54-58H2,1-3,5,7-22H3/b31-30+,65-37+,72-34+/t63-,64-,66-,68-,69-,73+,74-,75-,76-,77+,78+,79-,84-,85-,86-,87-,90-,91+,92+,93-,94-,95+,101+,102+/m0/s1. The van der Waals surface area contributed by atoms with Gasteiger partial charge in [0.05, 0.1) is 43.2 Å². The quantitative estimate of drug-likeness (QED) is 0.0283. The zero-order valence-electron chi connectivity index (χ0n) is 80.0. The maximum absolute atomic E-state index is 15.3. The number of hydrogen-bond acceptors (Lipinski definition) is 22. The van der Waals surface area contributed by atoms with Gasteiger partial charge in [0.15, 0.2) is 30.6 Å². The minimum absolute atomic E-state index is 0.0145. The summed E-state index contributed by atoms with van der Waals surface area (Å²) in [4.78, 5) is 77.6. The Morgan fingerprint density at radius 3 is 1.66 bits per heavy atom. The van der Waals surface area contributed by atoms with E-state index in [2.05, 4.69) is 79.9 Å². The summed E-state index contributed by atoms with van der Waals surface area (Å²) in [5.41, 5.74) is 6.82. The first-order valence-electron chi connectivity index (χ1n) is 47.3. The molecular formula is C102H150N4O22. The highest BCUT2D eigenvalue weighted by Crippen LogP contribution is 2.53. The highest BCUT2D eigenvalue weighted by molar-refractivity contribution is 5.79. The van der Waals surface area contributed by atoms with Crippen LogP contribution in [0.25, 0.3) is 0 Å². The average molecular weight is 1780 g/mol. The smallest absolute Gasteiger partial charge is 0.415 e. The summed E-state index contributed by atoms with van der Waals surface area (Å²) in [6.07, 6.45) is 15.6. The van der Waals surface area contributed by atoms with E-state index in [-0.39, 0.29) is 117 Å². The van der Waals surface area contributed by atoms with E-state index < -0.39 is 127 Å². The van der Waals surface area contributed by atoms with Gasteiger partial charge in [0.1, 0.15) is 58.9 Å². The number of carbonyl (C=O) groups is 5. The van der Waals surface area contributed by atoms with E-state index in [0.717, 1.165) is 111 Å². The van der Waals surface area contributed by atoms with Crippen LogP contribution in [-0.4, -0.2) is 238 Å². The zero-order chi connectivity index (χ0) is 92.9. The van der Waals surface area contributed by atoms with Crippen LogP contribution in [0.1, 0.15) is 247 Å². The molecule has 2 aromatic rings. The molecule has 0 unspecified atom stereocenters. The van der Waals surface area contributed by atoms with Crippen molar-refractivity contribution in [2.45, 2.75) is 334 Å². The summed E-state index contributed by atoms with van der Waals surface area (Å²) in [6, 6.07) is 7.33. The number of aliphatic hydroxyl groups is 1. The van der Waals surface area contributed by atoms with Crippen molar-refractivity contribution in [3.63, 3.8) is 0 Å². The van der Waals surface area contributed by atoms with Gasteiger partial charge < -0.3 is 101 Å². The summed E-state index contributed by atoms with van der Waals surface area (Å²) in [7, 11) is 9.52. The number of hydrogen-bond donors (Lipinski definition) is 3. The van der Waals surface area contributed by atoms with Crippen LogP contribution in [0.4, 0.5) is 19.2 Å². The van der Waals surface area contributed by atoms with Gasteiger partial charge in [-0.05, 0) is 195 Å². The largest absolute Gasteiger partial charge is 0.507 e. The number of esters is 1. The summed E-state index contributed by atoms with van der Waals surface area (Å²) in [5, 5.41) is 37.1. The molecule has 24 atom stereocenters. The fourth-order valence-electron chi connectivity index (χ4n) is 20.4. The number of methoxy groups -OCH3 is 2. The number of phenols is 2. The van der Waals surface area contributed by atoms with Gasteiger partial charge in [0, 0.05) is 130 Å². The van der Waals surface area contributed by atoms with Crippen LogP contribution >= 0.6 is 0 Å². The number of phenolic OH excluding ortho intramolecular Hbond substituents is 2. The van der Waals surface area contributed by atoms with E-state index in [4.69, 9.17) is 66.3 Å². The third-order valence-electron chi connectivity index (χ3n) is 28.4. The number of unbranched alkanes of at least 4 members (excludes halogenated alkanes) is 4. The molecule has 6 aliphatic heterocycles. The minimum Gasteiger partial charge on any atom is -0.507 e. The number of carbonyl (C=O) groups excluding carboxylic acids is 5. The second kappa shape index (κ2) is 45.0. The van der Waals surface area contributed by atoms with E-state index in [1.807, 2.05) is 58.9 Å². The number of allylic oxidation sites excluding steroid dienone is 8. The lowest BCUT2D eigenvalue weighted by atomic mass is 9.70. The Morgan fingerprint density at radius 1 is 0.625 bits per heavy atom. The molecule has 2 bridgehead atoms. The number of amides is 4. The maximum atomic E-state index is 15.3. The second-order valence-electron chi connectivity index (χ2n) is 38.5. The molecule has 710 valence electrons. The Labute approximate surface area is 761 Å². The van der Waals surface area contributed by atoms with Crippen LogP contribution in [0.15, 0.2) is 119 Å². The van der Waals surface area contributed by atoms with Gasteiger partial charge in [-0.1, -0.05) is 152 Å². The molecule has 5 saturated heterocycles. The highest BCUT2D eigenvalue weighted by atomic mass is 16.7. The van der Waals surface area contributed by atoms with Crippen molar-refractivity contribution in [2.75, 3.05) is 75.2 Å². The summed E-state index contributed by atoms with van der Waals surface area (Å²) >= 11 is 0. The third-order valence-corrected chi connectivity index (χ3v) is 28.4. The van der Waals surface area contributed by atoms with Gasteiger partial charge in [-0.3, -0.25) is 4.79 Å². The minimum atomic E-state index is -2.08. The first-order valence-corrected chi connectivity index (χ1v) is 47.3. The van der Waals surface area contributed by atoms with E-state index in [9.17, 15) is 34.5 Å². The SMILES string of the molecule is C=C(C)[C@@H]1CCC(C)=C[C@H]1c1c(O)cc(CCCCC)cc1OC(=O)N(C)CCN(C)C(=O)O[C@H]1[C@H](C)O[C@@H](O[C@H]2[C@H](C)O[C@@H](O[C@@H]3/C(C)=C/C[C@@H]4C[C@@H](C[C@]5(CC[C@H](C)[C@@H]([C@@H](C)CC)O5)O4)OC(=O)[C@@H]4C=C(C)[C@@H](OC(=O)N(C)CCN(C)C(=O)Oc5cc(CCCCC)cc(O)c5[C@@H]5C=C(C)CC[C@H]5C(=C)C)[C@H]5OC/C(=C\C=C\[C@@H]3C)[C@]54O)C[C@@H]2OC)C[C@@H]1OC. The summed E-state index contributed by atoms with van der Waals surface area (Å²) in [5.74, 6) is -2.61. The molecule has 0 saturated carbocycles. The topological polar surface area (TPSA) is 288 Å². The molecule has 2 aromatic carbocycles. The molecule has 128 heavy (non-hydrogen) atoms. The molecule has 0 aromatic heterocycles. The number of aromatic hydroxyl groups is 2. The number of likely N-dealkylation sites (N-methyl/N-ethyl adjacent to an activating group) is 4. The van der Waals surface area contributed by atoms with Crippen LogP contribution in [0.3, 0.4) is 0 Å². The van der Waals surface area contributed by atoms with Crippen LogP contribution in [0.5, 0.6) is 23.0 Å². The molecule has 26 nitrogen and oxygen atoms in total. The van der Waals surface area contributed by atoms with Gasteiger partial charge in [-0.25, -0.2) is 19.2 Å². The Morgan fingerprint density at radius 2 is 1.14 bits per heavy atom. The molecule has 26 heteroatoms. The van der Waals surface area contributed by atoms with Crippen molar-refractivity contribution in [1.29, 1.82) is 0 Å². The van der Waals surface area contributed by atoms with Gasteiger partial charge in [-0.15, -0.1) is 0 Å². The monoisotopic (exact) mass is 1780 g/mol. The first-order chi connectivity index (χ1) is 60.9. The lowest BCUT2D eigenvalue weighted by molar-refractivity contribution is -0.340. The second-order valence-corrected chi connectivity index (χ2v) is 38.5. The maximum Gasteiger partial charge on any atom is 0.415 e. The fourth-order valence-corrected chi connectivity index (χ4v) is 20.4. The number of fused-ring (bicyclic) bond motifs is 2. The van der Waals surface area contributed by atoms with Crippen LogP contribution < -0.4 is 9.47 Å². The van der Waals surface area contributed by atoms with E-state index in [1.165, 1.54) is 30.7 Å². The Bertz CT molecular complexity index is 4390. The molecular weight excluding hydrogens is 1630 g/mol. The average Bonchev–Trinajstić information content (AvgIpc) is 1.55. The number of aryl methyl sites for hydroxylation is 2. The number of ether oxygens (including phenoxy) is 14. The lowest BCUT2D eigenvalue weighted by Gasteiger charge is -2.51. The van der Waals surface area contributed by atoms with Crippen LogP contribution in [0.2, 0.25) is 0 Å². The Kier molecular flexibility index (Phi) is 35.4. The van der Waals surface area contributed by atoms with Gasteiger partial charge in [-0.2, -0.15) is 0 Å². The van der Waals surface area contributed by atoms with Crippen LogP contribution in [0, 0.1) is 35.5 Å². The first kappa shape index (κ1) is 101. The van der Waals surface area contributed by atoms with Gasteiger partial charge in [0.2, 0.25) is 0 Å². The number of rotatable bonds is 30. The van der Waals surface area contributed by atoms with Crippen molar-refractivity contribution >= 4 is 30.3 Å². The fraction of sp³-hybridized carbons (Fsp3) is 0.676. The molecule has 3 N–H and O–H groups in total. The van der Waals surface area contributed by atoms with E-state index in [0.29, 0.717) is 53.7 Å². The highest BCUT2D eigenvalue weighted by Gasteiger charge is 2.62.